The molecular formula is C21H22Cl2N2O7S. The minimum Gasteiger partial charge on any atom is -0.489 e. The van der Waals surface area contributed by atoms with Crippen LogP contribution in [0.4, 0.5) is 4.79 Å². The van der Waals surface area contributed by atoms with Gasteiger partial charge in [-0.2, -0.15) is 0 Å². The van der Waals surface area contributed by atoms with Crippen molar-refractivity contribution in [3.63, 3.8) is 0 Å². The second kappa shape index (κ2) is 9.76. The summed E-state index contributed by atoms with van der Waals surface area (Å²) < 4.78 is 37.6. The maximum absolute atomic E-state index is 13.4. The summed E-state index contributed by atoms with van der Waals surface area (Å²) >= 11 is 12.0. The van der Waals surface area contributed by atoms with Gasteiger partial charge in [-0.05, 0) is 42.8 Å². The van der Waals surface area contributed by atoms with Gasteiger partial charge in [-0.15, -0.1) is 0 Å². The Bertz CT molecular complexity index is 1160. The SMILES string of the molecule is COC1(C(=O)O)CN(C(N)=O)CCC1S(=O)(=O)c1ccc(OCc2ccc(Cl)cc2Cl)cc1. The number of piperidine rings is 1. The summed E-state index contributed by atoms with van der Waals surface area (Å²) in [6.45, 7) is -0.360. The summed E-state index contributed by atoms with van der Waals surface area (Å²) in [6.07, 6.45) is -0.154. The molecule has 1 heterocycles. The Labute approximate surface area is 200 Å². The van der Waals surface area contributed by atoms with Crippen LogP contribution in [0.2, 0.25) is 10.0 Å². The van der Waals surface area contributed by atoms with E-state index in [1.807, 2.05) is 0 Å². The number of urea groups is 1. The minimum absolute atomic E-state index is 0.0132. The van der Waals surface area contributed by atoms with Gasteiger partial charge in [0.1, 0.15) is 17.6 Å². The number of sulfone groups is 1. The third-order valence-corrected chi connectivity index (χ3v) is 8.46. The third kappa shape index (κ3) is 5.03. The van der Waals surface area contributed by atoms with Crippen LogP contribution in [0.15, 0.2) is 47.4 Å². The smallest absolute Gasteiger partial charge is 0.339 e. The topological polar surface area (TPSA) is 136 Å². The standard InChI is InChI=1S/C21H22Cl2N2O7S/c1-31-21(19(26)27)12-25(20(24)28)9-8-18(21)33(29,30)16-6-4-15(5-7-16)32-11-13-2-3-14(22)10-17(13)23/h2-7,10,18H,8-9,11-12H2,1H3,(H2,24,28)(H,26,27). The summed E-state index contributed by atoms with van der Waals surface area (Å²) in [7, 11) is -3.05. The van der Waals surface area contributed by atoms with Gasteiger partial charge in [0.15, 0.2) is 15.4 Å². The molecule has 2 unspecified atom stereocenters. The number of ether oxygens (including phenoxy) is 2. The van der Waals surface area contributed by atoms with Crippen LogP contribution in [-0.2, 0) is 26.0 Å². The van der Waals surface area contributed by atoms with Crippen molar-refractivity contribution in [3.8, 4) is 5.75 Å². The summed E-state index contributed by atoms with van der Waals surface area (Å²) in [6, 6.07) is 9.72. The number of halogens is 2. The van der Waals surface area contributed by atoms with Crippen molar-refractivity contribution in [1.82, 2.24) is 4.90 Å². The molecule has 0 saturated carbocycles. The molecule has 178 valence electrons. The molecule has 1 aliphatic rings. The molecule has 0 spiro atoms. The van der Waals surface area contributed by atoms with E-state index in [1.165, 1.54) is 24.3 Å². The number of carbonyl (C=O) groups excluding carboxylic acids is 1. The van der Waals surface area contributed by atoms with Crippen LogP contribution in [0.1, 0.15) is 12.0 Å². The molecule has 0 radical (unpaired) electrons. The number of carboxylic acids is 1. The second-order valence-electron chi connectivity index (χ2n) is 7.48. The van der Waals surface area contributed by atoms with E-state index in [1.54, 1.807) is 18.2 Å². The van der Waals surface area contributed by atoms with Crippen LogP contribution >= 0.6 is 23.2 Å². The zero-order valence-corrected chi connectivity index (χ0v) is 19.9. The van der Waals surface area contributed by atoms with Gasteiger partial charge in [-0.3, -0.25) is 0 Å². The predicted octanol–water partition coefficient (Wildman–Crippen LogP) is 2.97. The van der Waals surface area contributed by atoms with Crippen molar-refractivity contribution >= 4 is 45.0 Å². The molecule has 3 N–H and O–H groups in total. The Morgan fingerprint density at radius 2 is 1.88 bits per heavy atom. The van der Waals surface area contributed by atoms with Crippen LogP contribution in [0.5, 0.6) is 5.75 Å². The number of aliphatic carboxylic acids is 1. The van der Waals surface area contributed by atoms with E-state index in [0.29, 0.717) is 21.4 Å². The number of carboxylic acid groups (broad SMARTS) is 1. The average molecular weight is 517 g/mol. The third-order valence-electron chi connectivity index (χ3n) is 5.58. The fourth-order valence-corrected chi connectivity index (χ4v) is 6.24. The first kappa shape index (κ1) is 25.1. The molecule has 1 aliphatic heterocycles. The zero-order chi connectivity index (χ0) is 24.4. The quantitative estimate of drug-likeness (QED) is 0.576. The summed E-state index contributed by atoms with van der Waals surface area (Å²) in [4.78, 5) is 24.6. The highest BCUT2D eigenvalue weighted by molar-refractivity contribution is 7.92. The lowest BCUT2D eigenvalue weighted by molar-refractivity contribution is -0.166. The first-order chi connectivity index (χ1) is 15.5. The zero-order valence-electron chi connectivity index (χ0n) is 17.5. The van der Waals surface area contributed by atoms with Crippen LogP contribution in [0.25, 0.3) is 0 Å². The lowest BCUT2D eigenvalue weighted by Crippen LogP contribution is -2.65. The van der Waals surface area contributed by atoms with E-state index >= 15 is 0 Å². The molecule has 33 heavy (non-hydrogen) atoms. The molecule has 3 rings (SSSR count). The van der Waals surface area contributed by atoms with Gasteiger partial charge in [0.05, 0.1) is 11.4 Å². The van der Waals surface area contributed by atoms with E-state index in [4.69, 9.17) is 38.4 Å². The first-order valence-electron chi connectivity index (χ1n) is 9.75. The molecule has 2 aromatic rings. The molecule has 9 nitrogen and oxygen atoms in total. The maximum atomic E-state index is 13.4. The summed E-state index contributed by atoms with van der Waals surface area (Å²) in [5, 5.41) is 9.33. The number of carbonyl (C=O) groups is 2. The molecule has 0 bridgehead atoms. The van der Waals surface area contributed by atoms with Crippen molar-refractivity contribution in [2.75, 3.05) is 20.2 Å². The molecule has 2 amide bonds. The fraction of sp³-hybridized carbons (Fsp3) is 0.333. The van der Waals surface area contributed by atoms with Crippen molar-refractivity contribution < 1.29 is 32.6 Å². The highest BCUT2D eigenvalue weighted by Crippen LogP contribution is 2.35. The Hall–Kier alpha value is -2.53. The van der Waals surface area contributed by atoms with E-state index in [-0.39, 0.29) is 24.5 Å². The average Bonchev–Trinajstić information content (AvgIpc) is 2.78. The molecule has 1 fully saturated rings. The van der Waals surface area contributed by atoms with Gasteiger partial charge in [-0.1, -0.05) is 29.3 Å². The number of amides is 2. The number of primary amides is 1. The van der Waals surface area contributed by atoms with Gasteiger partial charge >= 0.3 is 12.0 Å². The highest BCUT2D eigenvalue weighted by Gasteiger charge is 2.56. The van der Waals surface area contributed by atoms with E-state index < -0.39 is 39.2 Å². The Morgan fingerprint density at radius 1 is 1.21 bits per heavy atom. The van der Waals surface area contributed by atoms with Crippen LogP contribution in [-0.4, -0.2) is 61.5 Å². The molecule has 2 atom stereocenters. The van der Waals surface area contributed by atoms with E-state index in [9.17, 15) is 23.1 Å². The Kier molecular flexibility index (Phi) is 7.42. The lowest BCUT2D eigenvalue weighted by Gasteiger charge is -2.43. The van der Waals surface area contributed by atoms with Gasteiger partial charge in [0, 0.05) is 29.3 Å². The second-order valence-corrected chi connectivity index (χ2v) is 10.5. The number of rotatable bonds is 7. The predicted molar refractivity (Wildman–Crippen MR) is 121 cm³/mol. The molecule has 2 aromatic carbocycles. The van der Waals surface area contributed by atoms with E-state index in [2.05, 4.69) is 0 Å². The monoisotopic (exact) mass is 516 g/mol. The van der Waals surface area contributed by atoms with Crippen molar-refractivity contribution in [2.24, 2.45) is 5.73 Å². The fourth-order valence-electron chi connectivity index (χ4n) is 3.74. The Morgan fingerprint density at radius 3 is 2.42 bits per heavy atom. The number of methoxy groups -OCH3 is 1. The number of hydrogen-bond donors (Lipinski definition) is 2. The molecule has 12 heteroatoms. The highest BCUT2D eigenvalue weighted by atomic mass is 35.5. The molecule has 0 aromatic heterocycles. The summed E-state index contributed by atoms with van der Waals surface area (Å²) in [5.74, 6) is -1.11. The van der Waals surface area contributed by atoms with Crippen LogP contribution < -0.4 is 10.5 Å². The number of nitrogens with two attached hydrogens (primary N) is 1. The summed E-state index contributed by atoms with van der Waals surface area (Å²) in [5.41, 5.74) is 3.81. The van der Waals surface area contributed by atoms with Crippen LogP contribution in [0, 0.1) is 0 Å². The number of benzene rings is 2. The number of hydrogen-bond acceptors (Lipinski definition) is 6. The minimum atomic E-state index is -4.15. The normalized spacial score (nSPS) is 20.9. The first-order valence-corrected chi connectivity index (χ1v) is 12.0. The van der Waals surface area contributed by atoms with Gasteiger partial charge in [0.25, 0.3) is 0 Å². The van der Waals surface area contributed by atoms with E-state index in [0.717, 1.165) is 12.0 Å². The Balaban J connectivity index is 1.82. The number of likely N-dealkylation sites (tertiary alicyclic amines) is 1. The lowest BCUT2D eigenvalue weighted by atomic mass is 9.92. The van der Waals surface area contributed by atoms with Gasteiger partial charge in [0.2, 0.25) is 0 Å². The van der Waals surface area contributed by atoms with Crippen molar-refractivity contribution in [1.29, 1.82) is 0 Å². The maximum Gasteiger partial charge on any atom is 0.339 e. The van der Waals surface area contributed by atoms with Crippen molar-refractivity contribution in [2.45, 2.75) is 28.8 Å². The molecule has 0 aliphatic carbocycles. The van der Waals surface area contributed by atoms with Crippen LogP contribution in [0.3, 0.4) is 0 Å². The van der Waals surface area contributed by atoms with Gasteiger partial charge < -0.3 is 25.2 Å². The molecule has 1 saturated heterocycles. The molecular weight excluding hydrogens is 495 g/mol. The number of nitrogens with zero attached hydrogens (tertiary/aromatic N) is 1. The largest absolute Gasteiger partial charge is 0.489 e. The van der Waals surface area contributed by atoms with Crippen molar-refractivity contribution in [3.05, 3.63) is 58.1 Å². The van der Waals surface area contributed by atoms with Gasteiger partial charge in [-0.25, -0.2) is 18.0 Å².